The first-order valence-electron chi connectivity index (χ1n) is 12.3. The number of ketones is 1. The van der Waals surface area contributed by atoms with E-state index >= 15 is 0 Å². The summed E-state index contributed by atoms with van der Waals surface area (Å²) in [4.78, 5) is 28.1. The molecule has 2 aliphatic rings. The topological polar surface area (TPSA) is 76.1 Å². The highest BCUT2D eigenvalue weighted by Crippen LogP contribution is 2.41. The Labute approximate surface area is 210 Å². The van der Waals surface area contributed by atoms with Gasteiger partial charge in [0.05, 0.1) is 11.6 Å². The second-order valence-electron chi connectivity index (χ2n) is 9.41. The molecule has 5 rings (SSSR count). The van der Waals surface area contributed by atoms with Crippen molar-refractivity contribution in [2.45, 2.75) is 32.2 Å². The number of aliphatic hydroxyl groups is 1. The van der Waals surface area contributed by atoms with Crippen molar-refractivity contribution in [3.05, 3.63) is 101 Å². The van der Waals surface area contributed by atoms with Crippen molar-refractivity contribution in [1.29, 1.82) is 0 Å². The number of Topliss-reactive ketones (excluding diaryl/α,β-unsaturated/α-hetero) is 1. The summed E-state index contributed by atoms with van der Waals surface area (Å²) in [5.74, 6) is -0.0774. The van der Waals surface area contributed by atoms with Gasteiger partial charge in [0.1, 0.15) is 19.0 Å². The van der Waals surface area contributed by atoms with E-state index in [4.69, 9.17) is 9.47 Å². The zero-order chi connectivity index (χ0) is 25.2. The van der Waals surface area contributed by atoms with Gasteiger partial charge in [-0.25, -0.2) is 0 Å². The maximum atomic E-state index is 13.3. The number of benzene rings is 3. The number of fused-ring (bicyclic) bond motifs is 1. The predicted octanol–water partition coefficient (Wildman–Crippen LogP) is 5.25. The molecule has 3 aromatic rings. The van der Waals surface area contributed by atoms with E-state index in [-0.39, 0.29) is 11.3 Å². The average molecular weight is 484 g/mol. The van der Waals surface area contributed by atoms with Gasteiger partial charge in [-0.2, -0.15) is 0 Å². The molecule has 1 fully saturated rings. The smallest absolute Gasteiger partial charge is 0.295 e. The third-order valence-corrected chi connectivity index (χ3v) is 6.76. The van der Waals surface area contributed by atoms with E-state index in [1.165, 1.54) is 0 Å². The Morgan fingerprint density at radius 3 is 2.33 bits per heavy atom. The van der Waals surface area contributed by atoms with Crippen molar-refractivity contribution in [1.82, 2.24) is 4.90 Å². The van der Waals surface area contributed by atoms with Crippen LogP contribution in [0.2, 0.25) is 0 Å². The SMILES string of the molecule is CC(C)c1ccc([C@@H]2/C(=C(\O)c3ccc4c(c3)OCCO4)C(=O)C(=O)N2CCc2ccccc2)cc1. The molecule has 36 heavy (non-hydrogen) atoms. The van der Waals surface area contributed by atoms with Crippen LogP contribution in [0, 0.1) is 0 Å². The van der Waals surface area contributed by atoms with Crippen molar-refractivity contribution >= 4 is 17.4 Å². The number of rotatable bonds is 6. The quantitative estimate of drug-likeness (QED) is 0.295. The third kappa shape index (κ3) is 4.47. The number of aliphatic hydroxyl groups excluding tert-OH is 1. The number of hydrogen-bond donors (Lipinski definition) is 1. The van der Waals surface area contributed by atoms with Crippen molar-refractivity contribution in [3.63, 3.8) is 0 Å². The molecule has 0 radical (unpaired) electrons. The van der Waals surface area contributed by atoms with Crippen LogP contribution in [0.25, 0.3) is 5.76 Å². The van der Waals surface area contributed by atoms with E-state index in [0.717, 1.165) is 16.7 Å². The fraction of sp³-hybridized carbons (Fsp3) is 0.267. The lowest BCUT2D eigenvalue weighted by molar-refractivity contribution is -0.139. The van der Waals surface area contributed by atoms with Crippen LogP contribution in [0.5, 0.6) is 11.5 Å². The first kappa shape index (κ1) is 23.7. The molecular formula is C30H29NO5. The molecule has 0 unspecified atom stereocenters. The fourth-order valence-corrected chi connectivity index (χ4v) is 4.76. The minimum absolute atomic E-state index is 0.0852. The largest absolute Gasteiger partial charge is 0.507 e. The van der Waals surface area contributed by atoms with Gasteiger partial charge in [-0.15, -0.1) is 0 Å². The Hall–Kier alpha value is -4.06. The molecule has 1 saturated heterocycles. The molecule has 1 atom stereocenters. The molecule has 0 aliphatic carbocycles. The zero-order valence-electron chi connectivity index (χ0n) is 20.4. The molecule has 6 heteroatoms. The van der Waals surface area contributed by atoms with E-state index in [1.807, 2.05) is 54.6 Å². The Morgan fingerprint density at radius 1 is 0.944 bits per heavy atom. The van der Waals surface area contributed by atoms with Crippen LogP contribution in [0.3, 0.4) is 0 Å². The molecule has 1 amide bonds. The number of likely N-dealkylation sites (tertiary alicyclic amines) is 1. The van der Waals surface area contributed by atoms with Gasteiger partial charge in [-0.3, -0.25) is 9.59 Å². The summed E-state index contributed by atoms with van der Waals surface area (Å²) in [6.07, 6.45) is 0.596. The van der Waals surface area contributed by atoms with Gasteiger partial charge in [-0.1, -0.05) is 68.4 Å². The van der Waals surface area contributed by atoms with Gasteiger partial charge >= 0.3 is 0 Å². The van der Waals surface area contributed by atoms with Gasteiger partial charge in [0.2, 0.25) is 0 Å². The fourth-order valence-electron chi connectivity index (χ4n) is 4.76. The minimum atomic E-state index is -0.692. The molecule has 0 bridgehead atoms. The maximum absolute atomic E-state index is 13.3. The van der Waals surface area contributed by atoms with Gasteiger partial charge in [0.15, 0.2) is 11.5 Å². The van der Waals surface area contributed by atoms with Crippen LogP contribution >= 0.6 is 0 Å². The van der Waals surface area contributed by atoms with E-state index < -0.39 is 17.7 Å². The van der Waals surface area contributed by atoms with Gasteiger partial charge in [0, 0.05) is 12.1 Å². The van der Waals surface area contributed by atoms with Crippen LogP contribution in [-0.2, 0) is 16.0 Å². The zero-order valence-corrected chi connectivity index (χ0v) is 20.4. The van der Waals surface area contributed by atoms with Gasteiger partial charge in [-0.05, 0) is 47.2 Å². The van der Waals surface area contributed by atoms with E-state index in [2.05, 4.69) is 13.8 Å². The van der Waals surface area contributed by atoms with E-state index in [0.29, 0.717) is 49.2 Å². The summed E-state index contributed by atoms with van der Waals surface area (Å²) in [7, 11) is 0. The standard InChI is InChI=1S/C30H29NO5/c1-19(2)21-8-10-22(11-9-21)27-26(28(32)23-12-13-24-25(18-23)36-17-16-35-24)29(33)30(34)31(27)15-14-20-6-4-3-5-7-20/h3-13,18-19,27,32H,14-17H2,1-2H3/b28-26+/t27-/m1/s1. The lowest BCUT2D eigenvalue weighted by Crippen LogP contribution is -2.31. The van der Waals surface area contributed by atoms with Crippen molar-refractivity contribution in [3.8, 4) is 11.5 Å². The number of nitrogens with zero attached hydrogens (tertiary/aromatic N) is 1. The Balaban J connectivity index is 1.57. The van der Waals surface area contributed by atoms with Gasteiger partial charge < -0.3 is 19.5 Å². The van der Waals surface area contributed by atoms with E-state index in [1.54, 1.807) is 23.1 Å². The highest BCUT2D eigenvalue weighted by atomic mass is 16.6. The molecule has 6 nitrogen and oxygen atoms in total. The normalized spacial score (nSPS) is 18.6. The summed E-state index contributed by atoms with van der Waals surface area (Å²) >= 11 is 0. The summed E-state index contributed by atoms with van der Waals surface area (Å²) in [5.41, 5.74) is 3.50. The Morgan fingerprint density at radius 2 is 1.64 bits per heavy atom. The molecule has 1 N–H and O–H groups in total. The van der Waals surface area contributed by atoms with Crippen molar-refractivity contribution < 1.29 is 24.2 Å². The molecule has 0 spiro atoms. The van der Waals surface area contributed by atoms with Crippen molar-refractivity contribution in [2.24, 2.45) is 0 Å². The highest BCUT2D eigenvalue weighted by Gasteiger charge is 2.45. The third-order valence-electron chi connectivity index (χ3n) is 6.76. The molecule has 2 heterocycles. The molecule has 2 aliphatic heterocycles. The minimum Gasteiger partial charge on any atom is -0.507 e. The summed E-state index contributed by atoms with van der Waals surface area (Å²) in [6.45, 7) is 5.44. The lowest BCUT2D eigenvalue weighted by Gasteiger charge is -2.26. The number of carbonyl (C=O) groups excluding carboxylic acids is 2. The summed E-state index contributed by atoms with van der Waals surface area (Å²) in [6, 6.07) is 22.1. The second kappa shape index (κ2) is 9.90. The van der Waals surface area contributed by atoms with Crippen molar-refractivity contribution in [2.75, 3.05) is 19.8 Å². The Kier molecular flexibility index (Phi) is 6.51. The molecular weight excluding hydrogens is 454 g/mol. The van der Waals surface area contributed by atoms with Crippen LogP contribution in [-0.4, -0.2) is 41.5 Å². The second-order valence-corrected chi connectivity index (χ2v) is 9.41. The molecule has 184 valence electrons. The molecule has 0 saturated carbocycles. The van der Waals surface area contributed by atoms with Crippen LogP contribution in [0.4, 0.5) is 0 Å². The summed E-state index contributed by atoms with van der Waals surface area (Å²) < 4.78 is 11.2. The highest BCUT2D eigenvalue weighted by molar-refractivity contribution is 6.46. The summed E-state index contributed by atoms with van der Waals surface area (Å²) in [5, 5.41) is 11.4. The number of amides is 1. The van der Waals surface area contributed by atoms with Gasteiger partial charge in [0.25, 0.3) is 11.7 Å². The number of hydrogen-bond acceptors (Lipinski definition) is 5. The van der Waals surface area contributed by atoms with Crippen LogP contribution in [0.1, 0.15) is 48.1 Å². The molecule has 3 aromatic carbocycles. The Bertz CT molecular complexity index is 1310. The average Bonchev–Trinajstić information content (AvgIpc) is 3.16. The molecule has 0 aromatic heterocycles. The van der Waals surface area contributed by atoms with Crippen LogP contribution < -0.4 is 9.47 Å². The van der Waals surface area contributed by atoms with Crippen LogP contribution in [0.15, 0.2) is 78.4 Å². The maximum Gasteiger partial charge on any atom is 0.295 e. The van der Waals surface area contributed by atoms with E-state index in [9.17, 15) is 14.7 Å². The first-order chi connectivity index (χ1) is 17.4. The predicted molar refractivity (Wildman–Crippen MR) is 137 cm³/mol. The lowest BCUT2D eigenvalue weighted by atomic mass is 9.93. The number of ether oxygens (including phenoxy) is 2. The number of carbonyl (C=O) groups is 2. The first-order valence-corrected chi connectivity index (χ1v) is 12.3. The monoisotopic (exact) mass is 483 g/mol.